The highest BCUT2D eigenvalue weighted by molar-refractivity contribution is 5.80. The first-order valence-corrected chi connectivity index (χ1v) is 4.60. The van der Waals surface area contributed by atoms with Crippen LogP contribution < -0.4 is 4.74 Å². The lowest BCUT2D eigenvalue weighted by atomic mass is 10.1. The van der Waals surface area contributed by atoms with Gasteiger partial charge in [-0.1, -0.05) is 19.1 Å². The van der Waals surface area contributed by atoms with Crippen LogP contribution >= 0.6 is 0 Å². The zero-order valence-electron chi connectivity index (χ0n) is 8.40. The summed E-state index contributed by atoms with van der Waals surface area (Å²) in [5.74, 6) is -0.685. The molecule has 0 unspecified atom stereocenters. The summed E-state index contributed by atoms with van der Waals surface area (Å²) in [6.07, 6.45) is 1.35. The number of aryl methyl sites for hydroxylation is 1. The zero-order chi connectivity index (χ0) is 11.3. The second-order valence-corrected chi connectivity index (χ2v) is 2.99. The average molecular weight is 208 g/mol. The molecule has 0 aliphatic rings. The number of para-hydroxylation sites is 1. The maximum absolute atomic E-state index is 10.7. The topological polar surface area (TPSA) is 63.6 Å². The summed E-state index contributed by atoms with van der Waals surface area (Å²) in [5.41, 5.74) is 1.22. The van der Waals surface area contributed by atoms with E-state index < -0.39 is 12.6 Å². The van der Waals surface area contributed by atoms with Crippen LogP contribution in [0, 0.1) is 0 Å². The van der Waals surface area contributed by atoms with Crippen molar-refractivity contribution in [1.29, 1.82) is 0 Å². The Morgan fingerprint density at radius 2 is 2.27 bits per heavy atom. The van der Waals surface area contributed by atoms with E-state index >= 15 is 0 Å². The van der Waals surface area contributed by atoms with Gasteiger partial charge in [-0.15, -0.1) is 0 Å². The zero-order valence-corrected chi connectivity index (χ0v) is 8.40. The lowest BCUT2D eigenvalue weighted by Gasteiger charge is -2.10. The predicted molar refractivity (Wildman–Crippen MR) is 54.3 cm³/mol. The number of rotatable bonds is 5. The first-order chi connectivity index (χ1) is 7.19. The molecule has 0 bridgehead atoms. The Balaban J connectivity index is 2.99. The van der Waals surface area contributed by atoms with Crippen molar-refractivity contribution in [1.82, 2.24) is 0 Å². The highest BCUT2D eigenvalue weighted by atomic mass is 16.5. The van der Waals surface area contributed by atoms with Gasteiger partial charge in [0.25, 0.3) is 0 Å². The predicted octanol–water partition coefficient (Wildman–Crippen LogP) is 1.52. The van der Waals surface area contributed by atoms with E-state index in [1.807, 2.05) is 13.0 Å². The molecule has 1 N–H and O–H groups in total. The highest BCUT2D eigenvalue weighted by Gasteiger charge is 2.09. The van der Waals surface area contributed by atoms with Crippen LogP contribution in [0.3, 0.4) is 0 Å². The first kappa shape index (κ1) is 11.2. The molecule has 15 heavy (non-hydrogen) atoms. The quantitative estimate of drug-likeness (QED) is 0.745. The van der Waals surface area contributed by atoms with Gasteiger partial charge in [-0.2, -0.15) is 0 Å². The molecule has 0 radical (unpaired) electrons. The molecular weight excluding hydrogens is 196 g/mol. The number of carboxylic acid groups (broad SMARTS) is 1. The molecule has 4 heteroatoms. The van der Waals surface area contributed by atoms with Crippen molar-refractivity contribution in [3.05, 3.63) is 29.3 Å². The summed E-state index contributed by atoms with van der Waals surface area (Å²) in [4.78, 5) is 21.1. The van der Waals surface area contributed by atoms with Crippen molar-refractivity contribution in [2.45, 2.75) is 13.3 Å². The first-order valence-electron chi connectivity index (χ1n) is 4.60. The van der Waals surface area contributed by atoms with Gasteiger partial charge in [0.05, 0.1) is 5.56 Å². The molecule has 0 aliphatic carbocycles. The minimum Gasteiger partial charge on any atom is -0.481 e. The number of carboxylic acids is 1. The number of hydrogen-bond donors (Lipinski definition) is 1. The van der Waals surface area contributed by atoms with E-state index in [0.717, 1.165) is 5.56 Å². The van der Waals surface area contributed by atoms with Crippen molar-refractivity contribution < 1.29 is 19.4 Å². The number of benzene rings is 1. The SMILES string of the molecule is CCc1cccc(C=O)c1OCC(=O)O. The van der Waals surface area contributed by atoms with Gasteiger partial charge >= 0.3 is 5.97 Å². The standard InChI is InChI=1S/C11H12O4/c1-2-8-4-3-5-9(6-12)11(8)15-7-10(13)14/h3-6H,2,7H2,1H3,(H,13,14). The Hall–Kier alpha value is -1.84. The van der Waals surface area contributed by atoms with Crippen LogP contribution in [0.4, 0.5) is 0 Å². The van der Waals surface area contributed by atoms with Crippen LogP contribution in [-0.2, 0) is 11.2 Å². The number of carbonyl (C=O) groups is 2. The van der Waals surface area contributed by atoms with Crippen LogP contribution in [0.25, 0.3) is 0 Å². The van der Waals surface area contributed by atoms with E-state index in [9.17, 15) is 9.59 Å². The third kappa shape index (κ3) is 2.80. The van der Waals surface area contributed by atoms with E-state index in [1.54, 1.807) is 12.1 Å². The minimum atomic E-state index is -1.06. The van der Waals surface area contributed by atoms with Crippen molar-refractivity contribution >= 4 is 12.3 Å². The molecule has 0 atom stereocenters. The summed E-state index contributed by atoms with van der Waals surface area (Å²) in [5, 5.41) is 8.49. The number of hydrogen-bond acceptors (Lipinski definition) is 3. The summed E-state index contributed by atoms with van der Waals surface area (Å²) >= 11 is 0. The molecule has 1 aromatic rings. The number of carbonyl (C=O) groups excluding carboxylic acids is 1. The summed E-state index contributed by atoms with van der Waals surface area (Å²) < 4.78 is 5.08. The Morgan fingerprint density at radius 1 is 1.53 bits per heavy atom. The second kappa shape index (κ2) is 5.14. The summed E-state index contributed by atoms with van der Waals surface area (Å²) in [7, 11) is 0. The molecule has 0 spiro atoms. The van der Waals surface area contributed by atoms with Crippen molar-refractivity contribution in [2.24, 2.45) is 0 Å². The smallest absolute Gasteiger partial charge is 0.341 e. The molecule has 0 aliphatic heterocycles. The fraction of sp³-hybridized carbons (Fsp3) is 0.273. The van der Waals surface area contributed by atoms with Crippen molar-refractivity contribution in [3.63, 3.8) is 0 Å². The maximum atomic E-state index is 10.7. The van der Waals surface area contributed by atoms with Gasteiger partial charge in [-0.3, -0.25) is 4.79 Å². The van der Waals surface area contributed by atoms with E-state index in [2.05, 4.69) is 0 Å². The Labute approximate surface area is 87.5 Å². The van der Waals surface area contributed by atoms with E-state index in [1.165, 1.54) is 0 Å². The van der Waals surface area contributed by atoms with Gasteiger partial charge in [-0.05, 0) is 18.1 Å². The minimum absolute atomic E-state index is 0.373. The van der Waals surface area contributed by atoms with Crippen LogP contribution in [0.1, 0.15) is 22.8 Å². The van der Waals surface area contributed by atoms with Gasteiger partial charge in [0.1, 0.15) is 5.75 Å². The monoisotopic (exact) mass is 208 g/mol. The molecule has 1 aromatic carbocycles. The number of aldehydes is 1. The Bertz CT molecular complexity index is 371. The van der Waals surface area contributed by atoms with Gasteiger partial charge in [0.2, 0.25) is 0 Å². The summed E-state index contributed by atoms with van der Waals surface area (Å²) in [6, 6.07) is 5.16. The van der Waals surface area contributed by atoms with Crippen LogP contribution in [0.5, 0.6) is 5.75 Å². The van der Waals surface area contributed by atoms with Crippen molar-refractivity contribution in [3.8, 4) is 5.75 Å². The number of aliphatic carboxylic acids is 1. The Kier molecular flexibility index (Phi) is 3.85. The molecule has 0 fully saturated rings. The molecule has 0 amide bonds. The average Bonchev–Trinajstić information content (AvgIpc) is 2.25. The third-order valence-electron chi connectivity index (χ3n) is 1.97. The summed E-state index contributed by atoms with van der Waals surface area (Å²) in [6.45, 7) is 1.48. The van der Waals surface area contributed by atoms with Gasteiger partial charge in [0.15, 0.2) is 12.9 Å². The largest absolute Gasteiger partial charge is 0.481 e. The second-order valence-electron chi connectivity index (χ2n) is 2.99. The van der Waals surface area contributed by atoms with E-state index in [-0.39, 0.29) is 0 Å². The van der Waals surface area contributed by atoms with E-state index in [4.69, 9.17) is 9.84 Å². The molecule has 0 heterocycles. The van der Waals surface area contributed by atoms with Gasteiger partial charge in [0, 0.05) is 0 Å². The maximum Gasteiger partial charge on any atom is 0.341 e. The van der Waals surface area contributed by atoms with Gasteiger partial charge < -0.3 is 9.84 Å². The van der Waals surface area contributed by atoms with Crippen LogP contribution in [0.2, 0.25) is 0 Å². The molecular formula is C11H12O4. The van der Waals surface area contributed by atoms with Crippen molar-refractivity contribution in [2.75, 3.05) is 6.61 Å². The van der Waals surface area contributed by atoms with Crippen LogP contribution in [0.15, 0.2) is 18.2 Å². The fourth-order valence-electron chi connectivity index (χ4n) is 1.29. The molecule has 0 saturated carbocycles. The van der Waals surface area contributed by atoms with E-state index in [0.29, 0.717) is 24.0 Å². The Morgan fingerprint density at radius 3 is 2.80 bits per heavy atom. The molecule has 0 saturated heterocycles. The third-order valence-corrected chi connectivity index (χ3v) is 1.97. The number of ether oxygens (including phenoxy) is 1. The molecule has 1 rings (SSSR count). The molecule has 4 nitrogen and oxygen atoms in total. The lowest BCUT2D eigenvalue weighted by molar-refractivity contribution is -0.139. The lowest BCUT2D eigenvalue weighted by Crippen LogP contribution is -2.11. The van der Waals surface area contributed by atoms with Gasteiger partial charge in [-0.25, -0.2) is 4.79 Å². The molecule has 80 valence electrons. The van der Waals surface area contributed by atoms with Crippen LogP contribution in [-0.4, -0.2) is 24.0 Å². The normalized spacial score (nSPS) is 9.67. The fourth-order valence-corrected chi connectivity index (χ4v) is 1.29. The molecule has 0 aromatic heterocycles. The highest BCUT2D eigenvalue weighted by Crippen LogP contribution is 2.23.